The minimum Gasteiger partial charge on any atom is -0.376 e. The monoisotopic (exact) mass is 451 g/mol. The maximum atomic E-state index is 12.3. The first-order valence-electron chi connectivity index (χ1n) is 8.22. The van der Waals surface area contributed by atoms with Crippen molar-refractivity contribution in [2.75, 3.05) is 30.3 Å². The van der Waals surface area contributed by atoms with Gasteiger partial charge in [-0.25, -0.2) is 0 Å². The maximum Gasteiger partial charge on any atom is 0.253 e. The van der Waals surface area contributed by atoms with E-state index in [9.17, 15) is 9.59 Å². The molecule has 5 nitrogen and oxygen atoms in total. The molecule has 6 heteroatoms. The molecule has 0 fully saturated rings. The lowest BCUT2D eigenvalue weighted by Crippen LogP contribution is -2.30. The van der Waals surface area contributed by atoms with E-state index in [4.69, 9.17) is 0 Å². The Balaban J connectivity index is 1.87. The fraction of sp³-hybridized carbons (Fsp3) is 0.263. The van der Waals surface area contributed by atoms with Crippen molar-refractivity contribution in [3.05, 3.63) is 57.7 Å². The Morgan fingerprint density at radius 2 is 1.48 bits per heavy atom. The fourth-order valence-electron chi connectivity index (χ4n) is 2.34. The Bertz CT molecular complexity index is 710. The summed E-state index contributed by atoms with van der Waals surface area (Å²) in [6, 6.07) is 14.8. The van der Waals surface area contributed by atoms with E-state index in [1.807, 2.05) is 50.2 Å². The van der Waals surface area contributed by atoms with E-state index in [1.165, 1.54) is 0 Å². The van der Waals surface area contributed by atoms with Crippen LogP contribution >= 0.6 is 22.6 Å². The highest BCUT2D eigenvalue weighted by Crippen LogP contribution is 2.13. The van der Waals surface area contributed by atoms with Gasteiger partial charge in [-0.15, -0.1) is 0 Å². The van der Waals surface area contributed by atoms with Crippen LogP contribution in [-0.4, -0.2) is 36.3 Å². The van der Waals surface area contributed by atoms with Crippen molar-refractivity contribution < 1.29 is 9.59 Å². The molecule has 132 valence electrons. The van der Waals surface area contributed by atoms with E-state index in [0.29, 0.717) is 18.7 Å². The van der Waals surface area contributed by atoms with Crippen LogP contribution in [0.15, 0.2) is 48.5 Å². The molecule has 2 aromatic carbocycles. The predicted molar refractivity (Wildman–Crippen MR) is 110 cm³/mol. The van der Waals surface area contributed by atoms with Gasteiger partial charge < -0.3 is 15.5 Å². The van der Waals surface area contributed by atoms with Crippen LogP contribution in [-0.2, 0) is 4.79 Å². The molecule has 0 bridgehead atoms. The van der Waals surface area contributed by atoms with E-state index < -0.39 is 0 Å². The van der Waals surface area contributed by atoms with Gasteiger partial charge in [0.1, 0.15) is 0 Å². The molecular formula is C19H22IN3O2. The SMILES string of the molecule is CCN(CC)C(=O)c1ccc(NCC(=O)Nc2ccc(I)cc2)cc1. The van der Waals surface area contributed by atoms with E-state index in [1.54, 1.807) is 17.0 Å². The highest BCUT2D eigenvalue weighted by Gasteiger charge is 2.12. The molecule has 0 radical (unpaired) electrons. The van der Waals surface area contributed by atoms with Gasteiger partial charge in [0.25, 0.3) is 5.91 Å². The second kappa shape index (κ2) is 9.41. The fourth-order valence-corrected chi connectivity index (χ4v) is 2.70. The minimum absolute atomic E-state index is 0.0213. The Morgan fingerprint density at radius 1 is 0.920 bits per heavy atom. The minimum atomic E-state index is -0.121. The summed E-state index contributed by atoms with van der Waals surface area (Å²) in [5, 5.41) is 5.89. The molecule has 2 amide bonds. The molecular weight excluding hydrogens is 429 g/mol. The number of anilines is 2. The summed E-state index contributed by atoms with van der Waals surface area (Å²) in [6.45, 7) is 5.46. The van der Waals surface area contributed by atoms with Gasteiger partial charge in [0.15, 0.2) is 0 Å². The molecule has 0 aromatic heterocycles. The van der Waals surface area contributed by atoms with E-state index >= 15 is 0 Å². The van der Waals surface area contributed by atoms with E-state index in [0.717, 1.165) is 14.9 Å². The third-order valence-electron chi connectivity index (χ3n) is 3.76. The second-order valence-corrected chi connectivity index (χ2v) is 6.71. The van der Waals surface area contributed by atoms with Crippen LogP contribution < -0.4 is 10.6 Å². The number of carbonyl (C=O) groups excluding carboxylic acids is 2. The van der Waals surface area contributed by atoms with Crippen molar-refractivity contribution in [2.45, 2.75) is 13.8 Å². The lowest BCUT2D eigenvalue weighted by atomic mass is 10.2. The first-order chi connectivity index (χ1) is 12.0. The Morgan fingerprint density at radius 3 is 2.04 bits per heavy atom. The summed E-state index contributed by atoms with van der Waals surface area (Å²) >= 11 is 2.22. The van der Waals surface area contributed by atoms with E-state index in [-0.39, 0.29) is 18.4 Å². The quantitative estimate of drug-likeness (QED) is 0.630. The number of rotatable bonds is 7. The second-order valence-electron chi connectivity index (χ2n) is 5.46. The van der Waals surface area contributed by atoms with Gasteiger partial charge in [-0.2, -0.15) is 0 Å². The number of hydrogen-bond acceptors (Lipinski definition) is 3. The van der Waals surface area contributed by atoms with Crippen LogP contribution in [0.5, 0.6) is 0 Å². The molecule has 0 heterocycles. The standard InChI is InChI=1S/C19H22IN3O2/c1-3-23(4-2)19(25)14-5-9-16(10-6-14)21-13-18(24)22-17-11-7-15(20)8-12-17/h5-12,21H,3-4,13H2,1-2H3,(H,22,24). The average molecular weight is 451 g/mol. The number of carbonyl (C=O) groups is 2. The molecule has 0 aliphatic heterocycles. The van der Waals surface area contributed by atoms with Crippen molar-refractivity contribution in [3.8, 4) is 0 Å². The third-order valence-corrected chi connectivity index (χ3v) is 4.48. The number of hydrogen-bond donors (Lipinski definition) is 2. The predicted octanol–water partition coefficient (Wildman–Crippen LogP) is 3.82. The zero-order chi connectivity index (χ0) is 18.2. The third kappa shape index (κ3) is 5.74. The molecule has 0 saturated heterocycles. The topological polar surface area (TPSA) is 61.4 Å². The number of benzene rings is 2. The van der Waals surface area contributed by atoms with E-state index in [2.05, 4.69) is 33.2 Å². The molecule has 2 rings (SSSR count). The summed E-state index contributed by atoms with van der Waals surface area (Å²) in [7, 11) is 0. The largest absolute Gasteiger partial charge is 0.376 e. The van der Waals surface area contributed by atoms with Gasteiger partial charge in [0.2, 0.25) is 5.91 Å². The zero-order valence-corrected chi connectivity index (χ0v) is 16.5. The average Bonchev–Trinajstić information content (AvgIpc) is 2.63. The highest BCUT2D eigenvalue weighted by atomic mass is 127. The normalized spacial score (nSPS) is 10.2. The van der Waals surface area contributed by atoms with Gasteiger partial charge in [0, 0.05) is 33.6 Å². The van der Waals surface area contributed by atoms with Crippen molar-refractivity contribution >= 4 is 45.8 Å². The van der Waals surface area contributed by atoms with Gasteiger partial charge in [-0.1, -0.05) is 0 Å². The molecule has 25 heavy (non-hydrogen) atoms. The molecule has 0 unspecified atom stereocenters. The van der Waals surface area contributed by atoms with Crippen LogP contribution in [0.1, 0.15) is 24.2 Å². The van der Waals surface area contributed by atoms with Crippen molar-refractivity contribution in [3.63, 3.8) is 0 Å². The Kier molecular flexibility index (Phi) is 7.24. The van der Waals surface area contributed by atoms with Gasteiger partial charge in [-0.05, 0) is 85.0 Å². The number of nitrogens with zero attached hydrogens (tertiary/aromatic N) is 1. The van der Waals surface area contributed by atoms with Crippen LogP contribution in [0, 0.1) is 3.57 Å². The van der Waals surface area contributed by atoms with Crippen LogP contribution in [0.3, 0.4) is 0 Å². The molecule has 0 aliphatic carbocycles. The summed E-state index contributed by atoms with van der Waals surface area (Å²) in [5.41, 5.74) is 2.22. The van der Waals surface area contributed by atoms with Crippen LogP contribution in [0.2, 0.25) is 0 Å². The van der Waals surface area contributed by atoms with Crippen LogP contribution in [0.25, 0.3) is 0 Å². The Labute approximate surface area is 161 Å². The van der Waals surface area contributed by atoms with Gasteiger partial charge in [-0.3, -0.25) is 9.59 Å². The lowest BCUT2D eigenvalue weighted by molar-refractivity contribution is -0.114. The molecule has 0 spiro atoms. The number of nitrogens with one attached hydrogen (secondary N) is 2. The number of amides is 2. The van der Waals surface area contributed by atoms with Gasteiger partial charge >= 0.3 is 0 Å². The lowest BCUT2D eigenvalue weighted by Gasteiger charge is -2.18. The molecule has 0 aliphatic rings. The molecule has 2 N–H and O–H groups in total. The summed E-state index contributed by atoms with van der Waals surface area (Å²) < 4.78 is 1.12. The molecule has 0 saturated carbocycles. The molecule has 0 atom stereocenters. The first kappa shape index (κ1) is 19.2. The van der Waals surface area contributed by atoms with Gasteiger partial charge in [0.05, 0.1) is 6.54 Å². The highest BCUT2D eigenvalue weighted by molar-refractivity contribution is 14.1. The maximum absolute atomic E-state index is 12.3. The first-order valence-corrected chi connectivity index (χ1v) is 9.30. The van der Waals surface area contributed by atoms with Crippen LogP contribution in [0.4, 0.5) is 11.4 Å². The Hall–Kier alpha value is -2.09. The zero-order valence-electron chi connectivity index (χ0n) is 14.4. The van der Waals surface area contributed by atoms with Crippen molar-refractivity contribution in [1.82, 2.24) is 4.90 Å². The van der Waals surface area contributed by atoms with Crippen molar-refractivity contribution in [2.24, 2.45) is 0 Å². The molecule has 2 aromatic rings. The van der Waals surface area contributed by atoms with Crippen molar-refractivity contribution in [1.29, 1.82) is 0 Å². The smallest absolute Gasteiger partial charge is 0.253 e. The summed E-state index contributed by atoms with van der Waals surface area (Å²) in [4.78, 5) is 26.0. The summed E-state index contributed by atoms with van der Waals surface area (Å²) in [6.07, 6.45) is 0. The number of halogens is 1. The summed E-state index contributed by atoms with van der Waals surface area (Å²) in [5.74, 6) is -0.0995.